The molecule has 4 heterocycles. The predicted molar refractivity (Wildman–Crippen MR) is 90.3 cm³/mol. The van der Waals surface area contributed by atoms with Crippen molar-refractivity contribution < 1.29 is 4.79 Å². The lowest BCUT2D eigenvalue weighted by molar-refractivity contribution is -0.128. The van der Waals surface area contributed by atoms with Crippen LogP contribution in [0.5, 0.6) is 0 Å². The Hall–Kier alpha value is -1.24. The molecule has 0 aliphatic carbocycles. The van der Waals surface area contributed by atoms with Gasteiger partial charge in [-0.25, -0.2) is 4.98 Å². The number of hydrogen-bond donors (Lipinski definition) is 0. The van der Waals surface area contributed by atoms with Crippen molar-refractivity contribution >= 4 is 34.3 Å². The SMILES string of the molecule is O=C1N(c2ccsc2)CC[C@]12CCCN(Cc1nccs1)C2. The molecule has 22 heavy (non-hydrogen) atoms. The Morgan fingerprint density at radius 3 is 3.00 bits per heavy atom. The van der Waals surface area contributed by atoms with E-state index in [4.69, 9.17) is 0 Å². The summed E-state index contributed by atoms with van der Waals surface area (Å²) in [5.41, 5.74) is 0.904. The summed E-state index contributed by atoms with van der Waals surface area (Å²) >= 11 is 3.36. The summed E-state index contributed by atoms with van der Waals surface area (Å²) < 4.78 is 0. The molecule has 4 rings (SSSR count). The van der Waals surface area contributed by atoms with Crippen molar-refractivity contribution in [2.75, 3.05) is 24.5 Å². The predicted octanol–water partition coefficient (Wildman–Crippen LogP) is 3.22. The van der Waals surface area contributed by atoms with E-state index in [0.29, 0.717) is 5.91 Å². The molecule has 2 aromatic heterocycles. The second-order valence-corrected chi connectivity index (χ2v) is 7.97. The van der Waals surface area contributed by atoms with E-state index in [1.165, 1.54) is 0 Å². The smallest absolute Gasteiger partial charge is 0.234 e. The highest BCUT2D eigenvalue weighted by atomic mass is 32.1. The van der Waals surface area contributed by atoms with Crippen molar-refractivity contribution in [2.45, 2.75) is 25.8 Å². The first-order chi connectivity index (χ1) is 10.8. The van der Waals surface area contributed by atoms with Gasteiger partial charge in [0, 0.05) is 30.0 Å². The van der Waals surface area contributed by atoms with Gasteiger partial charge in [-0.1, -0.05) is 0 Å². The van der Waals surface area contributed by atoms with Gasteiger partial charge in [0.25, 0.3) is 0 Å². The minimum absolute atomic E-state index is 0.169. The van der Waals surface area contributed by atoms with Gasteiger partial charge >= 0.3 is 0 Å². The van der Waals surface area contributed by atoms with Crippen molar-refractivity contribution in [2.24, 2.45) is 5.41 Å². The number of amides is 1. The van der Waals surface area contributed by atoms with E-state index >= 15 is 0 Å². The van der Waals surface area contributed by atoms with Gasteiger partial charge in [-0.15, -0.1) is 11.3 Å². The summed E-state index contributed by atoms with van der Waals surface area (Å²) in [6, 6.07) is 2.05. The molecule has 0 saturated carbocycles. The molecule has 4 nitrogen and oxygen atoms in total. The maximum Gasteiger partial charge on any atom is 0.234 e. The third-order valence-electron chi connectivity index (χ3n) is 4.83. The molecule has 0 radical (unpaired) electrons. The molecule has 2 aromatic rings. The summed E-state index contributed by atoms with van der Waals surface area (Å²) in [7, 11) is 0. The van der Waals surface area contributed by atoms with E-state index in [2.05, 4.69) is 21.3 Å². The largest absolute Gasteiger partial charge is 0.311 e. The Labute approximate surface area is 138 Å². The second-order valence-electron chi connectivity index (χ2n) is 6.21. The highest BCUT2D eigenvalue weighted by molar-refractivity contribution is 7.09. The van der Waals surface area contributed by atoms with Crippen molar-refractivity contribution in [3.8, 4) is 0 Å². The van der Waals surface area contributed by atoms with E-state index in [-0.39, 0.29) is 5.41 Å². The van der Waals surface area contributed by atoms with E-state index in [1.807, 2.05) is 21.9 Å². The van der Waals surface area contributed by atoms with Crippen LogP contribution in [-0.2, 0) is 11.3 Å². The Balaban J connectivity index is 1.50. The van der Waals surface area contributed by atoms with Crippen LogP contribution in [0.15, 0.2) is 28.4 Å². The van der Waals surface area contributed by atoms with Crippen LogP contribution in [0.2, 0.25) is 0 Å². The number of carbonyl (C=O) groups excluding carboxylic acids is 1. The van der Waals surface area contributed by atoms with Crippen LogP contribution in [0.1, 0.15) is 24.3 Å². The highest BCUT2D eigenvalue weighted by Crippen LogP contribution is 2.42. The average Bonchev–Trinajstić information content (AvgIpc) is 3.24. The molecule has 0 N–H and O–H groups in total. The third-order valence-corrected chi connectivity index (χ3v) is 6.26. The Bertz CT molecular complexity index is 640. The van der Waals surface area contributed by atoms with Crippen molar-refractivity contribution in [1.29, 1.82) is 0 Å². The first kappa shape index (κ1) is 14.4. The molecule has 1 spiro atoms. The van der Waals surface area contributed by atoms with Gasteiger partial charge in [-0.2, -0.15) is 11.3 Å². The average molecular weight is 333 g/mol. The molecular weight excluding hydrogens is 314 g/mol. The van der Waals surface area contributed by atoms with Crippen LogP contribution >= 0.6 is 22.7 Å². The van der Waals surface area contributed by atoms with Crippen LogP contribution in [0, 0.1) is 5.41 Å². The Morgan fingerprint density at radius 1 is 1.27 bits per heavy atom. The Morgan fingerprint density at radius 2 is 2.23 bits per heavy atom. The minimum atomic E-state index is -0.169. The molecule has 6 heteroatoms. The van der Waals surface area contributed by atoms with Crippen molar-refractivity contribution in [3.05, 3.63) is 33.4 Å². The van der Waals surface area contributed by atoms with E-state index in [9.17, 15) is 4.79 Å². The molecule has 0 unspecified atom stereocenters. The molecule has 2 saturated heterocycles. The first-order valence-corrected chi connectivity index (χ1v) is 9.54. The number of thiazole rings is 1. The maximum atomic E-state index is 13.0. The lowest BCUT2D eigenvalue weighted by Gasteiger charge is -2.38. The monoisotopic (exact) mass is 333 g/mol. The van der Waals surface area contributed by atoms with Crippen LogP contribution in [0.4, 0.5) is 5.69 Å². The normalized spacial score (nSPS) is 26.2. The molecule has 2 fully saturated rings. The summed E-state index contributed by atoms with van der Waals surface area (Å²) in [6.45, 7) is 3.70. The fourth-order valence-electron chi connectivity index (χ4n) is 3.74. The zero-order valence-electron chi connectivity index (χ0n) is 12.4. The molecule has 1 atom stereocenters. The van der Waals surface area contributed by atoms with Gasteiger partial charge in [0.05, 0.1) is 17.6 Å². The Kier molecular flexibility index (Phi) is 3.76. The van der Waals surface area contributed by atoms with Gasteiger partial charge in [-0.3, -0.25) is 9.69 Å². The van der Waals surface area contributed by atoms with Gasteiger partial charge < -0.3 is 4.90 Å². The summed E-state index contributed by atoms with van der Waals surface area (Å²) in [4.78, 5) is 21.8. The standard InChI is InChI=1S/C16H19N3OS2/c20-15-16(4-7-19(15)13-2-8-21-11-13)3-1-6-18(12-16)10-14-17-5-9-22-14/h2,5,8-9,11H,1,3-4,6-7,10,12H2/t16-/m0/s1. The minimum Gasteiger partial charge on any atom is -0.311 e. The summed E-state index contributed by atoms with van der Waals surface area (Å²) in [6.07, 6.45) is 4.98. The fraction of sp³-hybridized carbons (Fsp3) is 0.500. The molecule has 1 amide bonds. The molecule has 0 bridgehead atoms. The lowest BCUT2D eigenvalue weighted by atomic mass is 9.78. The third kappa shape index (κ3) is 2.49. The lowest BCUT2D eigenvalue weighted by Crippen LogP contribution is -2.47. The van der Waals surface area contributed by atoms with Crippen molar-refractivity contribution in [1.82, 2.24) is 9.88 Å². The first-order valence-electron chi connectivity index (χ1n) is 7.72. The second kappa shape index (κ2) is 5.76. The number of rotatable bonds is 3. The number of hydrogen-bond acceptors (Lipinski definition) is 5. The number of nitrogens with zero attached hydrogens (tertiary/aromatic N) is 3. The molecule has 0 aromatic carbocycles. The fourth-order valence-corrected chi connectivity index (χ4v) is 5.04. The number of thiophene rings is 1. The number of piperidine rings is 1. The van der Waals surface area contributed by atoms with Gasteiger partial charge in [0.2, 0.25) is 5.91 Å². The molecular formula is C16H19N3OS2. The van der Waals surface area contributed by atoms with Crippen molar-refractivity contribution in [3.63, 3.8) is 0 Å². The van der Waals surface area contributed by atoms with E-state index < -0.39 is 0 Å². The van der Waals surface area contributed by atoms with Gasteiger partial charge in [0.15, 0.2) is 0 Å². The number of aromatic nitrogens is 1. The van der Waals surface area contributed by atoms with Crippen LogP contribution < -0.4 is 4.90 Å². The van der Waals surface area contributed by atoms with E-state index in [1.54, 1.807) is 22.7 Å². The number of likely N-dealkylation sites (tertiary alicyclic amines) is 1. The molecule has 2 aliphatic rings. The van der Waals surface area contributed by atoms with Gasteiger partial charge in [-0.05, 0) is 37.3 Å². The van der Waals surface area contributed by atoms with Gasteiger partial charge in [0.1, 0.15) is 5.01 Å². The molecule has 2 aliphatic heterocycles. The van der Waals surface area contributed by atoms with Crippen LogP contribution in [0.3, 0.4) is 0 Å². The maximum absolute atomic E-state index is 13.0. The quantitative estimate of drug-likeness (QED) is 0.865. The number of carbonyl (C=O) groups is 1. The van der Waals surface area contributed by atoms with Crippen LogP contribution in [0.25, 0.3) is 0 Å². The topological polar surface area (TPSA) is 36.4 Å². The van der Waals surface area contributed by atoms with E-state index in [0.717, 1.165) is 56.1 Å². The molecule has 116 valence electrons. The summed E-state index contributed by atoms with van der Waals surface area (Å²) in [5, 5.41) is 7.29. The zero-order valence-corrected chi connectivity index (χ0v) is 14.0. The number of anilines is 1. The highest BCUT2D eigenvalue weighted by Gasteiger charge is 2.49. The summed E-state index contributed by atoms with van der Waals surface area (Å²) in [5.74, 6) is 0.328. The zero-order chi connectivity index (χ0) is 15.0. The van der Waals surface area contributed by atoms with Crippen LogP contribution in [-0.4, -0.2) is 35.4 Å².